The molecule has 3 rings (SSSR count). The molecule has 0 saturated heterocycles. The van der Waals surface area contributed by atoms with Crippen molar-refractivity contribution in [2.24, 2.45) is 11.7 Å². The van der Waals surface area contributed by atoms with Gasteiger partial charge < -0.3 is 11.1 Å². The van der Waals surface area contributed by atoms with Gasteiger partial charge in [0, 0.05) is 11.3 Å². The van der Waals surface area contributed by atoms with E-state index >= 15 is 0 Å². The van der Waals surface area contributed by atoms with Gasteiger partial charge in [-0.15, -0.1) is 0 Å². The van der Waals surface area contributed by atoms with E-state index in [0.717, 1.165) is 28.8 Å². The van der Waals surface area contributed by atoms with E-state index in [1.165, 1.54) is 16.7 Å². The summed E-state index contributed by atoms with van der Waals surface area (Å²) in [5.74, 6) is 0.556. The molecule has 38 heavy (non-hydrogen) atoms. The zero-order valence-corrected chi connectivity index (χ0v) is 24.6. The second-order valence-electron chi connectivity index (χ2n) is 8.89. The third-order valence-corrected chi connectivity index (χ3v) is 5.38. The average Bonchev–Trinajstić information content (AvgIpc) is 2.94. The number of allylic oxidation sites excluding steroid dienone is 5. The molecule has 0 aliphatic carbocycles. The molecular formula is C35H47FN2. The van der Waals surface area contributed by atoms with Gasteiger partial charge in [-0.3, -0.25) is 4.39 Å². The summed E-state index contributed by atoms with van der Waals surface area (Å²) in [5, 5.41) is 8.13. The van der Waals surface area contributed by atoms with Crippen LogP contribution in [0.1, 0.15) is 63.8 Å². The fraction of sp³-hybridized carbons (Fsp3) is 0.286. The Morgan fingerprint density at radius 3 is 1.87 bits per heavy atom. The van der Waals surface area contributed by atoms with Gasteiger partial charge >= 0.3 is 0 Å². The van der Waals surface area contributed by atoms with Gasteiger partial charge in [-0.25, -0.2) is 0 Å². The summed E-state index contributed by atoms with van der Waals surface area (Å²) in [7, 11) is 0.500. The standard InChI is InChI=1S/C17H17N.C15H21N.C2H6.CH3F/c1-14(12-13-15-8-4-2-5-9-15)17(18)16-10-6-3-7-11-16;1-11(2)9-12(3)10-15(16)14-8-6-5-7-13(14)4;2*1-2/h2-12,18H,13H2,1H3;5-11H,16H2,1-4H3;1-2H3;1H3/b14-12-,18-17?;12-9-,15-10-;;. The highest BCUT2D eigenvalue weighted by Crippen LogP contribution is 2.16. The molecule has 3 aromatic carbocycles. The summed E-state index contributed by atoms with van der Waals surface area (Å²) in [6.07, 6.45) is 7.25. The molecule has 0 amide bonds. The Kier molecular flexibility index (Phi) is 18.4. The van der Waals surface area contributed by atoms with Gasteiger partial charge in [0.15, 0.2) is 0 Å². The molecule has 204 valence electrons. The summed E-state index contributed by atoms with van der Waals surface area (Å²) in [5.41, 5.74) is 14.4. The highest BCUT2D eigenvalue weighted by Gasteiger charge is 2.02. The third kappa shape index (κ3) is 13.5. The van der Waals surface area contributed by atoms with E-state index in [0.29, 0.717) is 18.8 Å². The molecule has 0 aliphatic rings. The van der Waals surface area contributed by atoms with Crippen molar-refractivity contribution in [3.8, 4) is 0 Å². The normalized spacial score (nSPS) is 11.3. The Balaban J connectivity index is 0.000000641. The molecule has 0 saturated carbocycles. The lowest BCUT2D eigenvalue weighted by atomic mass is 10.0. The summed E-state index contributed by atoms with van der Waals surface area (Å²) in [6, 6.07) is 28.4. The Hall–Kier alpha value is -3.72. The summed E-state index contributed by atoms with van der Waals surface area (Å²) >= 11 is 0. The first-order chi connectivity index (χ1) is 18.3. The minimum Gasteiger partial charge on any atom is -0.398 e. The molecule has 0 bridgehead atoms. The molecule has 0 fully saturated rings. The zero-order chi connectivity index (χ0) is 28.9. The Morgan fingerprint density at radius 1 is 0.842 bits per heavy atom. The Labute approximate surface area is 231 Å². The molecule has 0 aromatic heterocycles. The largest absolute Gasteiger partial charge is 0.398 e. The SMILES string of the molecule is C/C(=C/Cc1ccccc1)C(=N)c1ccccc1.CC.CC(=C/C(C)C)/C=C(\N)c1ccccc1C.CF. The zero-order valence-electron chi connectivity index (χ0n) is 24.6. The van der Waals surface area contributed by atoms with Crippen molar-refractivity contribution in [1.82, 2.24) is 0 Å². The van der Waals surface area contributed by atoms with Crippen molar-refractivity contribution in [1.29, 1.82) is 5.41 Å². The van der Waals surface area contributed by atoms with Gasteiger partial charge in [0.25, 0.3) is 0 Å². The van der Waals surface area contributed by atoms with E-state index < -0.39 is 0 Å². The number of nitrogens with two attached hydrogens (primary N) is 1. The molecular weight excluding hydrogens is 467 g/mol. The number of aryl methyl sites for hydroxylation is 1. The van der Waals surface area contributed by atoms with Crippen LogP contribution in [0.4, 0.5) is 4.39 Å². The number of nitrogens with one attached hydrogen (secondary N) is 1. The van der Waals surface area contributed by atoms with Crippen molar-refractivity contribution in [3.05, 3.63) is 137 Å². The van der Waals surface area contributed by atoms with E-state index in [-0.39, 0.29) is 0 Å². The van der Waals surface area contributed by atoms with Crippen LogP contribution in [-0.4, -0.2) is 12.9 Å². The fourth-order valence-electron chi connectivity index (χ4n) is 3.61. The van der Waals surface area contributed by atoms with Crippen molar-refractivity contribution >= 4 is 11.4 Å². The summed E-state index contributed by atoms with van der Waals surface area (Å²) in [4.78, 5) is 0. The van der Waals surface area contributed by atoms with Crippen molar-refractivity contribution in [2.45, 2.75) is 54.9 Å². The Morgan fingerprint density at radius 2 is 1.34 bits per heavy atom. The number of alkyl halides is 1. The summed E-state index contributed by atoms with van der Waals surface area (Å²) in [6.45, 7) is 14.5. The van der Waals surface area contributed by atoms with Crippen LogP contribution >= 0.6 is 0 Å². The predicted octanol–water partition coefficient (Wildman–Crippen LogP) is 9.75. The quantitative estimate of drug-likeness (QED) is 0.239. The number of rotatable bonds is 7. The van der Waals surface area contributed by atoms with Crippen molar-refractivity contribution in [3.63, 3.8) is 0 Å². The number of hydrogen-bond acceptors (Lipinski definition) is 2. The first kappa shape index (κ1) is 34.3. The van der Waals surface area contributed by atoms with E-state index in [4.69, 9.17) is 11.1 Å². The Bertz CT molecular complexity index is 1140. The highest BCUT2D eigenvalue weighted by molar-refractivity contribution is 6.10. The predicted molar refractivity (Wildman–Crippen MR) is 167 cm³/mol. The summed E-state index contributed by atoms with van der Waals surface area (Å²) < 4.78 is 9.50. The topological polar surface area (TPSA) is 49.9 Å². The van der Waals surface area contributed by atoms with Crippen molar-refractivity contribution < 1.29 is 4.39 Å². The molecule has 3 aromatic rings. The van der Waals surface area contributed by atoms with Crippen LogP contribution in [0.2, 0.25) is 0 Å². The monoisotopic (exact) mass is 514 g/mol. The number of hydrogen-bond donors (Lipinski definition) is 2. The van der Waals surface area contributed by atoms with Gasteiger partial charge in [-0.1, -0.05) is 130 Å². The fourth-order valence-corrected chi connectivity index (χ4v) is 3.61. The molecule has 0 atom stereocenters. The third-order valence-electron chi connectivity index (χ3n) is 5.38. The van der Waals surface area contributed by atoms with Crippen LogP contribution in [0.5, 0.6) is 0 Å². The lowest BCUT2D eigenvalue weighted by Gasteiger charge is -2.06. The molecule has 3 N–H and O–H groups in total. The minimum absolute atomic E-state index is 0.500. The smallest absolute Gasteiger partial charge is 0.0785 e. The van der Waals surface area contributed by atoms with Crippen LogP contribution < -0.4 is 5.73 Å². The van der Waals surface area contributed by atoms with Gasteiger partial charge in [0.05, 0.1) is 12.9 Å². The van der Waals surface area contributed by atoms with Crippen LogP contribution in [-0.2, 0) is 6.42 Å². The maximum atomic E-state index is 9.50. The second-order valence-corrected chi connectivity index (χ2v) is 8.89. The molecule has 2 nitrogen and oxygen atoms in total. The van der Waals surface area contributed by atoms with Crippen molar-refractivity contribution in [2.75, 3.05) is 7.18 Å². The molecule has 0 radical (unpaired) electrons. The molecule has 3 heteroatoms. The van der Waals surface area contributed by atoms with Gasteiger partial charge in [0.1, 0.15) is 0 Å². The highest BCUT2D eigenvalue weighted by atomic mass is 19.1. The minimum atomic E-state index is 0.500. The van der Waals surface area contributed by atoms with Crippen LogP contribution in [0, 0.1) is 18.3 Å². The molecule has 0 aliphatic heterocycles. The lowest BCUT2D eigenvalue weighted by Crippen LogP contribution is -2.00. The lowest BCUT2D eigenvalue weighted by molar-refractivity contribution is 0.636. The number of halogens is 1. The van der Waals surface area contributed by atoms with Crippen LogP contribution in [0.3, 0.4) is 0 Å². The average molecular weight is 515 g/mol. The van der Waals surface area contributed by atoms with Gasteiger partial charge in [-0.2, -0.15) is 0 Å². The molecule has 0 heterocycles. The maximum absolute atomic E-state index is 9.50. The van der Waals surface area contributed by atoms with E-state index in [1.807, 2.05) is 87.5 Å². The number of benzene rings is 3. The first-order valence-electron chi connectivity index (χ1n) is 13.2. The van der Waals surface area contributed by atoms with Gasteiger partial charge in [0.2, 0.25) is 0 Å². The second kappa shape index (κ2) is 20.4. The van der Waals surface area contributed by atoms with Crippen LogP contribution in [0.15, 0.2) is 114 Å². The van der Waals surface area contributed by atoms with E-state index in [2.05, 4.69) is 64.1 Å². The van der Waals surface area contributed by atoms with Gasteiger partial charge in [-0.05, 0) is 61.4 Å². The maximum Gasteiger partial charge on any atom is 0.0785 e. The molecule has 0 spiro atoms. The van der Waals surface area contributed by atoms with E-state index in [1.54, 1.807) is 0 Å². The molecule has 0 unspecified atom stereocenters. The first-order valence-corrected chi connectivity index (χ1v) is 13.2. The van der Waals surface area contributed by atoms with Crippen LogP contribution in [0.25, 0.3) is 5.70 Å². The van der Waals surface area contributed by atoms with E-state index in [9.17, 15) is 4.39 Å².